The number of ether oxygens (including phenoxy) is 1. The average molecular weight is 438 g/mol. The highest BCUT2D eigenvalue weighted by atomic mass is 32.2. The molecule has 4 rings (SSSR count). The van der Waals surface area contributed by atoms with Crippen molar-refractivity contribution in [1.29, 1.82) is 0 Å². The molecule has 31 heavy (non-hydrogen) atoms. The molecule has 0 N–H and O–H groups in total. The molecule has 0 fully saturated rings. The van der Waals surface area contributed by atoms with E-state index in [1.54, 1.807) is 0 Å². The maximum Gasteiger partial charge on any atom is 0.211 e. The Morgan fingerprint density at radius 1 is 1.00 bits per heavy atom. The van der Waals surface area contributed by atoms with Gasteiger partial charge in [0.1, 0.15) is 5.75 Å². The van der Waals surface area contributed by atoms with E-state index in [0.29, 0.717) is 26.1 Å². The normalized spacial score (nSPS) is 14.3. The van der Waals surface area contributed by atoms with Crippen LogP contribution in [0.1, 0.15) is 29.2 Å². The molecule has 3 aromatic rings. The van der Waals surface area contributed by atoms with Crippen LogP contribution in [0.4, 0.5) is 0 Å². The quantitative estimate of drug-likeness (QED) is 0.564. The number of sulfonamides is 1. The lowest BCUT2D eigenvalue weighted by molar-refractivity contribution is 0.320. The lowest BCUT2D eigenvalue weighted by atomic mass is 10.0. The minimum absolute atomic E-state index is 0.436. The summed E-state index contributed by atoms with van der Waals surface area (Å²) in [5.41, 5.74) is 5.54. The molecular formula is C24H27N3O3S. The molecule has 0 saturated heterocycles. The van der Waals surface area contributed by atoms with Crippen molar-refractivity contribution in [2.24, 2.45) is 0 Å². The van der Waals surface area contributed by atoms with Gasteiger partial charge in [0, 0.05) is 37.5 Å². The molecule has 2 aromatic carbocycles. The van der Waals surface area contributed by atoms with Gasteiger partial charge in [0.2, 0.25) is 10.0 Å². The molecule has 0 saturated carbocycles. The second kappa shape index (κ2) is 9.16. The van der Waals surface area contributed by atoms with Gasteiger partial charge < -0.3 is 4.74 Å². The van der Waals surface area contributed by atoms with Crippen LogP contribution >= 0.6 is 0 Å². The number of aromatic nitrogens is 2. The van der Waals surface area contributed by atoms with E-state index in [1.807, 2.05) is 42.7 Å². The van der Waals surface area contributed by atoms with Crippen molar-refractivity contribution in [3.63, 3.8) is 0 Å². The number of hydrogen-bond acceptors (Lipinski definition) is 5. The fraction of sp³-hybridized carbons (Fsp3) is 0.333. The first-order valence-corrected chi connectivity index (χ1v) is 12.4. The minimum atomic E-state index is -3.15. The van der Waals surface area contributed by atoms with E-state index in [4.69, 9.17) is 4.74 Å². The molecule has 0 atom stereocenters. The summed E-state index contributed by atoms with van der Waals surface area (Å²) in [7, 11) is -3.15. The Kier molecular flexibility index (Phi) is 6.34. The Labute approximate surface area is 184 Å². The highest BCUT2D eigenvalue weighted by Crippen LogP contribution is 2.25. The molecule has 0 unspecified atom stereocenters. The van der Waals surface area contributed by atoms with Crippen molar-refractivity contribution in [3.8, 4) is 17.1 Å². The summed E-state index contributed by atoms with van der Waals surface area (Å²) in [6.45, 7) is 3.62. The van der Waals surface area contributed by atoms with E-state index >= 15 is 0 Å². The predicted molar refractivity (Wildman–Crippen MR) is 121 cm³/mol. The first-order chi connectivity index (χ1) is 14.9. The minimum Gasteiger partial charge on any atom is -0.493 e. The van der Waals surface area contributed by atoms with Gasteiger partial charge in [-0.2, -0.15) is 4.31 Å². The maximum absolute atomic E-state index is 11.8. The second-order valence-electron chi connectivity index (χ2n) is 7.84. The van der Waals surface area contributed by atoms with Crippen LogP contribution < -0.4 is 4.74 Å². The zero-order valence-electron chi connectivity index (χ0n) is 17.9. The van der Waals surface area contributed by atoms with Crippen molar-refractivity contribution in [2.45, 2.75) is 32.7 Å². The Morgan fingerprint density at radius 2 is 1.74 bits per heavy atom. The molecular weight excluding hydrogens is 410 g/mol. The van der Waals surface area contributed by atoms with Crippen molar-refractivity contribution >= 4 is 10.0 Å². The molecule has 162 valence electrons. The zero-order valence-corrected chi connectivity index (χ0v) is 18.7. The van der Waals surface area contributed by atoms with Crippen LogP contribution in [0.15, 0.2) is 54.9 Å². The van der Waals surface area contributed by atoms with Crippen molar-refractivity contribution in [1.82, 2.24) is 14.3 Å². The molecule has 7 heteroatoms. The topological polar surface area (TPSA) is 72.4 Å². The van der Waals surface area contributed by atoms with E-state index in [-0.39, 0.29) is 0 Å². The Morgan fingerprint density at radius 3 is 2.42 bits per heavy atom. The van der Waals surface area contributed by atoms with Gasteiger partial charge in [-0.15, -0.1) is 0 Å². The van der Waals surface area contributed by atoms with Crippen molar-refractivity contribution < 1.29 is 13.2 Å². The van der Waals surface area contributed by atoms with Gasteiger partial charge in [-0.25, -0.2) is 18.4 Å². The third-order valence-electron chi connectivity index (χ3n) is 5.61. The second-order valence-corrected chi connectivity index (χ2v) is 9.82. The van der Waals surface area contributed by atoms with Crippen molar-refractivity contribution in [2.75, 3.05) is 19.4 Å². The van der Waals surface area contributed by atoms with E-state index in [2.05, 4.69) is 29.0 Å². The number of rotatable bonds is 7. The van der Waals surface area contributed by atoms with Crippen LogP contribution in [-0.2, 0) is 35.8 Å². The van der Waals surface area contributed by atoms with Crippen LogP contribution in [0, 0.1) is 0 Å². The van der Waals surface area contributed by atoms with Crippen molar-refractivity contribution in [3.05, 3.63) is 77.1 Å². The van der Waals surface area contributed by atoms with Gasteiger partial charge in [-0.1, -0.05) is 37.3 Å². The summed E-state index contributed by atoms with van der Waals surface area (Å²) in [5.74, 6) is 1.57. The third kappa shape index (κ3) is 5.29. The van der Waals surface area contributed by atoms with Gasteiger partial charge in [0.05, 0.1) is 12.9 Å². The van der Waals surface area contributed by atoms with Crippen LogP contribution in [0.5, 0.6) is 5.75 Å². The summed E-state index contributed by atoms with van der Waals surface area (Å²) >= 11 is 0. The molecule has 0 bridgehead atoms. The largest absolute Gasteiger partial charge is 0.493 e. The molecule has 2 heterocycles. The number of fused-ring (bicyclic) bond motifs is 1. The summed E-state index contributed by atoms with van der Waals surface area (Å²) in [6.07, 6.45) is 7.46. The molecule has 1 aromatic heterocycles. The highest BCUT2D eigenvalue weighted by Gasteiger charge is 2.23. The average Bonchev–Trinajstić information content (AvgIpc) is 2.78. The standard InChI is InChI=1S/C24H27N3O3S/c1-3-18-15-25-24(26-16-18)20-6-4-19(5-7-20)11-13-30-23-9-8-22-17-27(31(2,28)29)12-10-21(22)14-23/h4-9,14-16H,3,10-13,17H2,1-2H3. The number of nitrogens with zero attached hydrogens (tertiary/aromatic N) is 3. The Balaban J connectivity index is 1.32. The van der Waals surface area contributed by atoms with Crippen LogP contribution in [0.2, 0.25) is 0 Å². The molecule has 0 aliphatic carbocycles. The summed E-state index contributed by atoms with van der Waals surface area (Å²) in [4.78, 5) is 8.86. The first-order valence-electron chi connectivity index (χ1n) is 10.5. The Bertz CT molecular complexity index is 1140. The lowest BCUT2D eigenvalue weighted by Crippen LogP contribution is -2.35. The number of benzene rings is 2. The highest BCUT2D eigenvalue weighted by molar-refractivity contribution is 7.88. The van der Waals surface area contributed by atoms with E-state index in [1.165, 1.54) is 16.1 Å². The zero-order chi connectivity index (χ0) is 21.8. The predicted octanol–water partition coefficient (Wildman–Crippen LogP) is 3.65. The molecule has 0 radical (unpaired) electrons. The molecule has 0 amide bonds. The summed E-state index contributed by atoms with van der Waals surface area (Å²) < 4.78 is 31.0. The fourth-order valence-corrected chi connectivity index (χ4v) is 4.47. The van der Waals surface area contributed by atoms with Gasteiger partial charge in [0.15, 0.2) is 5.82 Å². The molecule has 1 aliphatic heterocycles. The third-order valence-corrected chi connectivity index (χ3v) is 6.86. The van der Waals surface area contributed by atoms with Crippen LogP contribution in [0.25, 0.3) is 11.4 Å². The van der Waals surface area contributed by atoms with E-state index in [9.17, 15) is 8.42 Å². The summed E-state index contributed by atoms with van der Waals surface area (Å²) in [5, 5.41) is 0. The van der Waals surface area contributed by atoms with Gasteiger partial charge in [0.25, 0.3) is 0 Å². The molecule has 0 spiro atoms. The SMILES string of the molecule is CCc1cnc(-c2ccc(CCOc3ccc4c(c3)CCN(S(C)(=O)=O)C4)cc2)nc1. The lowest BCUT2D eigenvalue weighted by Gasteiger charge is -2.27. The molecule has 6 nitrogen and oxygen atoms in total. The van der Waals surface area contributed by atoms with Crippen LogP contribution in [0.3, 0.4) is 0 Å². The monoisotopic (exact) mass is 437 g/mol. The van der Waals surface area contributed by atoms with Crippen LogP contribution in [-0.4, -0.2) is 42.1 Å². The van der Waals surface area contributed by atoms with Gasteiger partial charge >= 0.3 is 0 Å². The fourth-order valence-electron chi connectivity index (χ4n) is 3.67. The van der Waals surface area contributed by atoms with E-state index in [0.717, 1.165) is 46.7 Å². The van der Waals surface area contributed by atoms with Gasteiger partial charge in [-0.3, -0.25) is 0 Å². The first kappa shape index (κ1) is 21.5. The summed E-state index contributed by atoms with van der Waals surface area (Å²) in [6, 6.07) is 14.2. The molecule has 1 aliphatic rings. The smallest absolute Gasteiger partial charge is 0.211 e. The maximum atomic E-state index is 11.8. The number of aryl methyl sites for hydroxylation is 1. The Hall–Kier alpha value is -2.77. The van der Waals surface area contributed by atoms with Gasteiger partial charge in [-0.05, 0) is 47.2 Å². The van der Waals surface area contributed by atoms with E-state index < -0.39 is 10.0 Å². The number of hydrogen-bond donors (Lipinski definition) is 0.